The lowest BCUT2D eigenvalue weighted by molar-refractivity contribution is 0.201. The van der Waals surface area contributed by atoms with Gasteiger partial charge in [0.2, 0.25) is 5.95 Å². The first-order valence-electron chi connectivity index (χ1n) is 6.00. The number of aromatic nitrogens is 2. The van der Waals surface area contributed by atoms with Gasteiger partial charge in [-0.05, 0) is 25.3 Å². The molecule has 0 aliphatic rings. The summed E-state index contributed by atoms with van der Waals surface area (Å²) in [7, 11) is 1.93. The Kier molecular flexibility index (Phi) is 3.98. The molecular weight excluding hydrogens is 248 g/mol. The third kappa shape index (κ3) is 2.70. The van der Waals surface area contributed by atoms with Crippen molar-refractivity contribution in [3.63, 3.8) is 0 Å². The number of aliphatic hydroxyl groups is 1. The second-order valence-corrected chi connectivity index (χ2v) is 5.16. The van der Waals surface area contributed by atoms with Crippen molar-refractivity contribution in [2.24, 2.45) is 0 Å². The molecule has 0 aromatic carbocycles. The van der Waals surface area contributed by atoms with E-state index in [0.717, 1.165) is 22.6 Å². The van der Waals surface area contributed by atoms with Crippen molar-refractivity contribution in [3.8, 4) is 0 Å². The standard InChI is InChI=1S/C12H18N4OS/c1-4-13-12-14-10(16(3)7-8(2)17)9-5-6-18-11(9)15-12/h5-6,8,17H,4,7H2,1-3H3,(H,13,14,15). The van der Waals surface area contributed by atoms with Crippen molar-refractivity contribution < 1.29 is 5.11 Å². The topological polar surface area (TPSA) is 61.3 Å². The summed E-state index contributed by atoms with van der Waals surface area (Å²) in [4.78, 5) is 11.9. The highest BCUT2D eigenvalue weighted by Crippen LogP contribution is 2.28. The smallest absolute Gasteiger partial charge is 0.226 e. The predicted octanol–water partition coefficient (Wildman–Crippen LogP) is 1.94. The molecule has 6 heteroatoms. The molecule has 98 valence electrons. The zero-order valence-electron chi connectivity index (χ0n) is 10.8. The monoisotopic (exact) mass is 266 g/mol. The molecule has 2 aromatic heterocycles. The molecule has 2 aromatic rings. The van der Waals surface area contributed by atoms with Gasteiger partial charge in [-0.3, -0.25) is 0 Å². The van der Waals surface area contributed by atoms with E-state index in [2.05, 4.69) is 15.3 Å². The van der Waals surface area contributed by atoms with Crippen LogP contribution in [-0.4, -0.2) is 41.3 Å². The molecule has 1 unspecified atom stereocenters. The van der Waals surface area contributed by atoms with E-state index in [-0.39, 0.29) is 6.10 Å². The quantitative estimate of drug-likeness (QED) is 0.866. The Hall–Kier alpha value is -1.40. The lowest BCUT2D eigenvalue weighted by Gasteiger charge is -2.21. The minimum Gasteiger partial charge on any atom is -0.392 e. The van der Waals surface area contributed by atoms with E-state index >= 15 is 0 Å². The van der Waals surface area contributed by atoms with Gasteiger partial charge in [0.25, 0.3) is 0 Å². The lowest BCUT2D eigenvalue weighted by Crippen LogP contribution is -2.28. The number of anilines is 2. The Morgan fingerprint density at radius 2 is 2.28 bits per heavy atom. The number of fused-ring (bicyclic) bond motifs is 1. The number of nitrogens with zero attached hydrogens (tertiary/aromatic N) is 3. The summed E-state index contributed by atoms with van der Waals surface area (Å²) >= 11 is 1.60. The molecule has 5 nitrogen and oxygen atoms in total. The molecule has 0 aliphatic carbocycles. The van der Waals surface area contributed by atoms with Crippen LogP contribution < -0.4 is 10.2 Å². The Balaban J connectivity index is 2.42. The Morgan fingerprint density at radius 1 is 1.50 bits per heavy atom. The fourth-order valence-electron chi connectivity index (χ4n) is 1.85. The van der Waals surface area contributed by atoms with Gasteiger partial charge in [-0.15, -0.1) is 11.3 Å². The van der Waals surface area contributed by atoms with Gasteiger partial charge in [-0.2, -0.15) is 4.98 Å². The van der Waals surface area contributed by atoms with Crippen molar-refractivity contribution in [2.45, 2.75) is 20.0 Å². The molecule has 0 radical (unpaired) electrons. The van der Waals surface area contributed by atoms with Crippen LogP contribution >= 0.6 is 11.3 Å². The summed E-state index contributed by atoms with van der Waals surface area (Å²) in [6, 6.07) is 2.02. The Morgan fingerprint density at radius 3 is 2.94 bits per heavy atom. The highest BCUT2D eigenvalue weighted by atomic mass is 32.1. The lowest BCUT2D eigenvalue weighted by atomic mass is 10.3. The fraction of sp³-hybridized carbons (Fsp3) is 0.500. The van der Waals surface area contributed by atoms with Crippen LogP contribution in [0.25, 0.3) is 10.2 Å². The number of likely N-dealkylation sites (N-methyl/N-ethyl adjacent to an activating group) is 1. The second kappa shape index (κ2) is 5.49. The van der Waals surface area contributed by atoms with E-state index in [1.165, 1.54) is 0 Å². The highest BCUT2D eigenvalue weighted by Gasteiger charge is 2.13. The van der Waals surface area contributed by atoms with E-state index in [1.54, 1.807) is 18.3 Å². The van der Waals surface area contributed by atoms with Crippen molar-refractivity contribution >= 4 is 33.3 Å². The molecule has 2 N–H and O–H groups in total. The molecule has 0 saturated heterocycles. The van der Waals surface area contributed by atoms with Crippen LogP contribution in [0.2, 0.25) is 0 Å². The third-order valence-corrected chi connectivity index (χ3v) is 3.35. The summed E-state index contributed by atoms with van der Waals surface area (Å²) in [5.41, 5.74) is 0. The average molecular weight is 266 g/mol. The second-order valence-electron chi connectivity index (χ2n) is 4.27. The van der Waals surface area contributed by atoms with Crippen LogP contribution in [0.5, 0.6) is 0 Å². The van der Waals surface area contributed by atoms with Gasteiger partial charge < -0.3 is 15.3 Å². The predicted molar refractivity (Wildman–Crippen MR) is 76.5 cm³/mol. The van der Waals surface area contributed by atoms with Crippen LogP contribution in [-0.2, 0) is 0 Å². The van der Waals surface area contributed by atoms with Gasteiger partial charge in [0, 0.05) is 20.1 Å². The van der Waals surface area contributed by atoms with Gasteiger partial charge in [0.05, 0.1) is 11.5 Å². The van der Waals surface area contributed by atoms with Crippen LogP contribution in [0.4, 0.5) is 11.8 Å². The van der Waals surface area contributed by atoms with Gasteiger partial charge in [-0.1, -0.05) is 0 Å². The maximum absolute atomic E-state index is 9.48. The zero-order valence-corrected chi connectivity index (χ0v) is 11.7. The molecule has 0 aliphatic heterocycles. The van der Waals surface area contributed by atoms with E-state index < -0.39 is 0 Å². The first kappa shape index (κ1) is 13.0. The molecule has 1 atom stereocenters. The summed E-state index contributed by atoms with van der Waals surface area (Å²) in [6.45, 7) is 5.12. The number of hydrogen-bond donors (Lipinski definition) is 2. The number of hydrogen-bond acceptors (Lipinski definition) is 6. The number of aliphatic hydroxyl groups excluding tert-OH is 1. The molecular formula is C12H18N4OS. The molecule has 18 heavy (non-hydrogen) atoms. The van der Waals surface area contributed by atoms with E-state index in [0.29, 0.717) is 12.5 Å². The number of rotatable bonds is 5. The molecule has 2 rings (SSSR count). The van der Waals surface area contributed by atoms with Gasteiger partial charge in [0.1, 0.15) is 10.6 Å². The normalized spacial score (nSPS) is 12.7. The van der Waals surface area contributed by atoms with E-state index in [1.807, 2.05) is 30.3 Å². The van der Waals surface area contributed by atoms with Crippen LogP contribution in [0.1, 0.15) is 13.8 Å². The summed E-state index contributed by atoms with van der Waals surface area (Å²) in [5, 5.41) is 15.7. The summed E-state index contributed by atoms with van der Waals surface area (Å²) in [5.74, 6) is 1.50. The average Bonchev–Trinajstić information content (AvgIpc) is 2.75. The van der Waals surface area contributed by atoms with E-state index in [4.69, 9.17) is 0 Å². The summed E-state index contributed by atoms with van der Waals surface area (Å²) < 4.78 is 0. The first-order chi connectivity index (χ1) is 8.61. The third-order valence-electron chi connectivity index (χ3n) is 2.54. The Bertz CT molecular complexity index is 526. The van der Waals surface area contributed by atoms with Crippen LogP contribution in [0, 0.1) is 0 Å². The van der Waals surface area contributed by atoms with Gasteiger partial charge >= 0.3 is 0 Å². The molecule has 0 fully saturated rings. The van der Waals surface area contributed by atoms with Crippen LogP contribution in [0.15, 0.2) is 11.4 Å². The number of thiophene rings is 1. The minimum atomic E-state index is -0.388. The maximum Gasteiger partial charge on any atom is 0.226 e. The van der Waals surface area contributed by atoms with Crippen molar-refractivity contribution in [2.75, 3.05) is 30.4 Å². The fourth-order valence-corrected chi connectivity index (χ4v) is 2.61. The van der Waals surface area contributed by atoms with Crippen molar-refractivity contribution in [1.82, 2.24) is 9.97 Å². The van der Waals surface area contributed by atoms with Gasteiger partial charge in [-0.25, -0.2) is 4.98 Å². The summed E-state index contributed by atoms with van der Waals surface area (Å²) in [6.07, 6.45) is -0.388. The molecule has 0 amide bonds. The Labute approximate surface area is 110 Å². The molecule has 0 spiro atoms. The first-order valence-corrected chi connectivity index (χ1v) is 6.88. The number of nitrogens with one attached hydrogen (secondary N) is 1. The van der Waals surface area contributed by atoms with E-state index in [9.17, 15) is 5.11 Å². The van der Waals surface area contributed by atoms with Crippen molar-refractivity contribution in [1.29, 1.82) is 0 Å². The molecule has 0 saturated carbocycles. The van der Waals surface area contributed by atoms with Crippen LogP contribution in [0.3, 0.4) is 0 Å². The van der Waals surface area contributed by atoms with Gasteiger partial charge in [0.15, 0.2) is 0 Å². The zero-order chi connectivity index (χ0) is 13.1. The van der Waals surface area contributed by atoms with Crippen molar-refractivity contribution in [3.05, 3.63) is 11.4 Å². The highest BCUT2D eigenvalue weighted by molar-refractivity contribution is 7.16. The molecule has 2 heterocycles. The minimum absolute atomic E-state index is 0.388. The maximum atomic E-state index is 9.48. The molecule has 0 bridgehead atoms. The SMILES string of the molecule is CCNc1nc(N(C)CC(C)O)c2ccsc2n1. The largest absolute Gasteiger partial charge is 0.392 e.